The summed E-state index contributed by atoms with van der Waals surface area (Å²) in [5.41, 5.74) is 0.916. The number of carbonyl (C=O) groups excluding carboxylic acids is 3. The molecule has 2 amide bonds. The molecule has 0 bridgehead atoms. The Kier molecular flexibility index (Phi) is 10.9. The van der Waals surface area contributed by atoms with E-state index in [-0.39, 0.29) is 18.4 Å². The lowest BCUT2D eigenvalue weighted by Crippen LogP contribution is -2.41. The molecule has 1 fully saturated rings. The second-order valence-corrected chi connectivity index (χ2v) is 7.68. The average Bonchev–Trinajstić information content (AvgIpc) is 2.73. The first-order chi connectivity index (χ1) is 14.1. The van der Waals surface area contributed by atoms with Crippen molar-refractivity contribution in [2.45, 2.75) is 83.3 Å². The molecule has 6 nitrogen and oxygen atoms in total. The third-order valence-corrected chi connectivity index (χ3v) is 5.14. The maximum absolute atomic E-state index is 12.5. The van der Waals surface area contributed by atoms with Crippen molar-refractivity contribution in [3.63, 3.8) is 0 Å². The lowest BCUT2D eigenvalue weighted by Gasteiger charge is -2.18. The first kappa shape index (κ1) is 22.9. The summed E-state index contributed by atoms with van der Waals surface area (Å²) in [5, 5.41) is 5.79. The van der Waals surface area contributed by atoms with Gasteiger partial charge in [0.1, 0.15) is 12.6 Å². The highest BCUT2D eigenvalue weighted by Gasteiger charge is 2.22. The van der Waals surface area contributed by atoms with Crippen molar-refractivity contribution in [3.05, 3.63) is 35.9 Å². The summed E-state index contributed by atoms with van der Waals surface area (Å²) in [5.74, 6) is -0.394. The number of benzene rings is 1. The quantitative estimate of drug-likeness (QED) is 0.756. The fourth-order valence-corrected chi connectivity index (χ4v) is 3.41. The summed E-state index contributed by atoms with van der Waals surface area (Å²) in [6.45, 7) is 0.792. The molecular weight excluding hydrogens is 368 g/mol. The topological polar surface area (TPSA) is 84.5 Å². The summed E-state index contributed by atoms with van der Waals surface area (Å²) in [4.78, 5) is 36.7. The molecule has 1 aromatic rings. The van der Waals surface area contributed by atoms with Crippen molar-refractivity contribution in [3.8, 4) is 0 Å². The zero-order valence-electron chi connectivity index (χ0n) is 17.3. The van der Waals surface area contributed by atoms with Gasteiger partial charge in [0.05, 0.1) is 0 Å². The van der Waals surface area contributed by atoms with Gasteiger partial charge in [0.2, 0.25) is 11.8 Å². The molecule has 1 atom stereocenters. The van der Waals surface area contributed by atoms with Gasteiger partial charge >= 0.3 is 5.97 Å². The van der Waals surface area contributed by atoms with Crippen LogP contribution in [0, 0.1) is 0 Å². The Labute approximate surface area is 173 Å². The Balaban J connectivity index is 1.87. The fourth-order valence-electron chi connectivity index (χ4n) is 3.41. The van der Waals surface area contributed by atoms with Crippen molar-refractivity contribution >= 4 is 17.8 Å². The maximum atomic E-state index is 12.5. The molecule has 0 saturated carbocycles. The minimum absolute atomic E-state index is 0.0933. The largest absolute Gasteiger partial charge is 0.459 e. The molecule has 1 saturated heterocycles. The summed E-state index contributed by atoms with van der Waals surface area (Å²) in [6.07, 6.45) is 8.94. The molecular formula is C23H34N2O4. The van der Waals surface area contributed by atoms with E-state index in [4.69, 9.17) is 4.74 Å². The number of hydrogen-bond donors (Lipinski definition) is 2. The van der Waals surface area contributed by atoms with Crippen molar-refractivity contribution in [2.75, 3.05) is 6.54 Å². The molecule has 0 unspecified atom stereocenters. The standard InChI is InChI=1S/C23H34N2O4/c26-21-15-8-3-1-2-4-9-16-22(27)25-20(14-10-11-17-24-21)23(28)29-18-19-12-6-5-7-13-19/h5-7,12-13,20H,1-4,8-11,14-18H2,(H,24,26)(H,25,27)/t20-/m0/s1. The van der Waals surface area contributed by atoms with Crippen molar-refractivity contribution < 1.29 is 19.1 Å². The second-order valence-electron chi connectivity index (χ2n) is 7.68. The third kappa shape index (κ3) is 10.1. The van der Waals surface area contributed by atoms with Gasteiger partial charge in [0, 0.05) is 19.4 Å². The maximum Gasteiger partial charge on any atom is 0.328 e. The number of rotatable bonds is 3. The van der Waals surface area contributed by atoms with Crippen LogP contribution < -0.4 is 10.6 Å². The molecule has 1 aliphatic heterocycles. The van der Waals surface area contributed by atoms with E-state index in [1.54, 1.807) is 0 Å². The number of amides is 2. The van der Waals surface area contributed by atoms with Gasteiger partial charge in [-0.2, -0.15) is 0 Å². The number of esters is 1. The third-order valence-electron chi connectivity index (χ3n) is 5.14. The van der Waals surface area contributed by atoms with E-state index in [9.17, 15) is 14.4 Å². The fraction of sp³-hybridized carbons (Fsp3) is 0.609. The Morgan fingerprint density at radius 3 is 2.24 bits per heavy atom. The SMILES string of the molecule is O=C1CCCCCCCCC(=O)N[C@H](C(=O)OCc2ccccc2)CCCCN1. The van der Waals surface area contributed by atoms with E-state index < -0.39 is 12.0 Å². The highest BCUT2D eigenvalue weighted by molar-refractivity contribution is 5.84. The van der Waals surface area contributed by atoms with Gasteiger partial charge in [-0.1, -0.05) is 56.0 Å². The minimum Gasteiger partial charge on any atom is -0.459 e. The number of ether oxygens (including phenoxy) is 1. The molecule has 1 aromatic carbocycles. The molecule has 0 aromatic heterocycles. The van der Waals surface area contributed by atoms with Gasteiger partial charge in [-0.05, 0) is 37.7 Å². The normalized spacial score (nSPS) is 20.8. The Bertz CT molecular complexity index is 633. The van der Waals surface area contributed by atoms with Crippen molar-refractivity contribution in [2.24, 2.45) is 0 Å². The second kappa shape index (κ2) is 13.7. The lowest BCUT2D eigenvalue weighted by atomic mass is 10.1. The lowest BCUT2D eigenvalue weighted by molar-refractivity contribution is -0.149. The van der Waals surface area contributed by atoms with Gasteiger partial charge in [0.15, 0.2) is 0 Å². The van der Waals surface area contributed by atoms with Crippen LogP contribution in [0.3, 0.4) is 0 Å². The Hall–Kier alpha value is -2.37. The van der Waals surface area contributed by atoms with Crippen LogP contribution in [0.5, 0.6) is 0 Å². The van der Waals surface area contributed by atoms with Gasteiger partial charge in [-0.15, -0.1) is 0 Å². The summed E-state index contributed by atoms with van der Waals surface area (Å²) in [6, 6.07) is 8.86. The van der Waals surface area contributed by atoms with E-state index in [2.05, 4.69) is 10.6 Å². The number of carbonyl (C=O) groups is 3. The molecule has 2 N–H and O–H groups in total. The number of nitrogens with one attached hydrogen (secondary N) is 2. The first-order valence-electron chi connectivity index (χ1n) is 10.9. The zero-order chi connectivity index (χ0) is 20.7. The monoisotopic (exact) mass is 402 g/mol. The van der Waals surface area contributed by atoms with Gasteiger partial charge in [-0.3, -0.25) is 9.59 Å². The van der Waals surface area contributed by atoms with Crippen LogP contribution in [0.1, 0.15) is 76.2 Å². The van der Waals surface area contributed by atoms with Crippen molar-refractivity contribution in [1.82, 2.24) is 10.6 Å². The smallest absolute Gasteiger partial charge is 0.328 e. The Morgan fingerprint density at radius 1 is 0.862 bits per heavy atom. The predicted octanol–water partition coefficient (Wildman–Crippen LogP) is 3.64. The highest BCUT2D eigenvalue weighted by Crippen LogP contribution is 2.11. The van der Waals surface area contributed by atoms with Crippen LogP contribution in [0.2, 0.25) is 0 Å². The van der Waals surface area contributed by atoms with Gasteiger partial charge in [-0.25, -0.2) is 4.79 Å². The van der Waals surface area contributed by atoms with E-state index in [1.807, 2.05) is 30.3 Å². The summed E-state index contributed by atoms with van der Waals surface area (Å²) in [7, 11) is 0. The van der Waals surface area contributed by atoms with Crippen LogP contribution in [-0.4, -0.2) is 30.4 Å². The van der Waals surface area contributed by atoms with E-state index >= 15 is 0 Å². The molecule has 160 valence electrons. The zero-order valence-corrected chi connectivity index (χ0v) is 17.3. The molecule has 0 aliphatic carbocycles. The molecule has 0 radical (unpaired) electrons. The van der Waals surface area contributed by atoms with Crippen LogP contribution in [0.25, 0.3) is 0 Å². The predicted molar refractivity (Wildman–Crippen MR) is 112 cm³/mol. The Morgan fingerprint density at radius 2 is 1.52 bits per heavy atom. The van der Waals surface area contributed by atoms with E-state index in [0.29, 0.717) is 25.8 Å². The molecule has 29 heavy (non-hydrogen) atoms. The van der Waals surface area contributed by atoms with Crippen LogP contribution >= 0.6 is 0 Å². The van der Waals surface area contributed by atoms with Crippen LogP contribution in [-0.2, 0) is 25.7 Å². The van der Waals surface area contributed by atoms with Crippen LogP contribution in [0.15, 0.2) is 30.3 Å². The first-order valence-corrected chi connectivity index (χ1v) is 10.9. The van der Waals surface area contributed by atoms with Gasteiger partial charge < -0.3 is 15.4 Å². The van der Waals surface area contributed by atoms with E-state index in [1.165, 1.54) is 0 Å². The molecule has 0 spiro atoms. The summed E-state index contributed by atoms with van der Waals surface area (Å²) < 4.78 is 5.43. The average molecular weight is 403 g/mol. The van der Waals surface area contributed by atoms with Gasteiger partial charge in [0.25, 0.3) is 0 Å². The number of hydrogen-bond acceptors (Lipinski definition) is 4. The molecule has 1 heterocycles. The molecule has 6 heteroatoms. The molecule has 2 rings (SSSR count). The van der Waals surface area contributed by atoms with Crippen molar-refractivity contribution in [1.29, 1.82) is 0 Å². The minimum atomic E-state index is -0.641. The highest BCUT2D eigenvalue weighted by atomic mass is 16.5. The van der Waals surface area contributed by atoms with Crippen LogP contribution in [0.4, 0.5) is 0 Å². The molecule has 1 aliphatic rings. The van der Waals surface area contributed by atoms with E-state index in [0.717, 1.165) is 56.9 Å². The summed E-state index contributed by atoms with van der Waals surface area (Å²) >= 11 is 0.